The van der Waals surface area contributed by atoms with Gasteiger partial charge in [0.1, 0.15) is 5.03 Å². The molecule has 0 aliphatic heterocycles. The molecule has 0 amide bonds. The van der Waals surface area contributed by atoms with Gasteiger partial charge in [0.05, 0.1) is 0 Å². The van der Waals surface area contributed by atoms with Gasteiger partial charge in [-0.2, -0.15) is 0 Å². The fourth-order valence-corrected chi connectivity index (χ4v) is 3.63. The van der Waals surface area contributed by atoms with Crippen molar-refractivity contribution in [2.75, 3.05) is 0 Å². The molecule has 0 bridgehead atoms. The minimum atomic E-state index is 1.05. The van der Waals surface area contributed by atoms with E-state index in [1.54, 1.807) is 23.5 Å². The highest BCUT2D eigenvalue weighted by Gasteiger charge is 2.07. The first-order valence-corrected chi connectivity index (χ1v) is 7.96. The van der Waals surface area contributed by atoms with Crippen LogP contribution in [0.25, 0.3) is 0 Å². The van der Waals surface area contributed by atoms with Gasteiger partial charge in [0.15, 0.2) is 0 Å². The van der Waals surface area contributed by atoms with Crippen LogP contribution >= 0.6 is 23.5 Å². The first-order chi connectivity index (χ1) is 9.92. The second kappa shape index (κ2) is 6.64. The topological polar surface area (TPSA) is 12.9 Å². The van der Waals surface area contributed by atoms with Crippen molar-refractivity contribution < 1.29 is 0 Å². The Balaban J connectivity index is 1.85. The van der Waals surface area contributed by atoms with E-state index in [9.17, 15) is 0 Å². The minimum Gasteiger partial charge on any atom is -0.248 e. The lowest BCUT2D eigenvalue weighted by Gasteiger charge is -2.07. The van der Waals surface area contributed by atoms with Crippen LogP contribution in [0.4, 0.5) is 0 Å². The van der Waals surface area contributed by atoms with E-state index in [0.717, 1.165) is 5.03 Å². The van der Waals surface area contributed by atoms with E-state index < -0.39 is 0 Å². The molecule has 98 valence electrons. The Morgan fingerprint density at radius 1 is 0.600 bits per heavy atom. The Morgan fingerprint density at radius 2 is 1.20 bits per heavy atom. The van der Waals surface area contributed by atoms with E-state index >= 15 is 0 Å². The van der Waals surface area contributed by atoms with E-state index in [-0.39, 0.29) is 0 Å². The summed E-state index contributed by atoms with van der Waals surface area (Å²) >= 11 is 3.45. The molecule has 0 saturated carbocycles. The van der Waals surface area contributed by atoms with Crippen molar-refractivity contribution in [3.63, 3.8) is 0 Å². The SMILES string of the molecule is c1ccc(Sc2cccnc2Sc2ccccc2)cc1. The zero-order valence-corrected chi connectivity index (χ0v) is 12.4. The molecule has 3 rings (SSSR count). The van der Waals surface area contributed by atoms with Crippen molar-refractivity contribution in [3.8, 4) is 0 Å². The largest absolute Gasteiger partial charge is 0.248 e. The van der Waals surface area contributed by atoms with Crippen LogP contribution in [-0.2, 0) is 0 Å². The van der Waals surface area contributed by atoms with Gasteiger partial charge in [-0.05, 0) is 36.4 Å². The smallest absolute Gasteiger partial charge is 0.115 e. The highest BCUT2D eigenvalue weighted by Crippen LogP contribution is 2.36. The molecule has 1 aromatic heterocycles. The molecule has 0 aliphatic carbocycles. The van der Waals surface area contributed by atoms with Crippen molar-refractivity contribution in [3.05, 3.63) is 79.0 Å². The molecule has 2 aromatic carbocycles. The maximum Gasteiger partial charge on any atom is 0.115 e. The molecular formula is C17H13NS2. The van der Waals surface area contributed by atoms with Crippen LogP contribution in [0.5, 0.6) is 0 Å². The van der Waals surface area contributed by atoms with Gasteiger partial charge < -0.3 is 0 Å². The molecule has 0 radical (unpaired) electrons. The second-order valence-corrected chi connectivity index (χ2v) is 6.31. The van der Waals surface area contributed by atoms with Crippen molar-refractivity contribution >= 4 is 23.5 Å². The van der Waals surface area contributed by atoms with E-state index in [1.807, 2.05) is 24.4 Å². The summed E-state index contributed by atoms with van der Waals surface area (Å²) in [7, 11) is 0. The minimum absolute atomic E-state index is 1.05. The van der Waals surface area contributed by atoms with Crippen LogP contribution in [-0.4, -0.2) is 4.98 Å². The van der Waals surface area contributed by atoms with E-state index in [1.165, 1.54) is 14.7 Å². The van der Waals surface area contributed by atoms with Crippen LogP contribution < -0.4 is 0 Å². The Kier molecular flexibility index (Phi) is 4.41. The fourth-order valence-electron chi connectivity index (χ4n) is 1.75. The van der Waals surface area contributed by atoms with Crippen molar-refractivity contribution in [2.24, 2.45) is 0 Å². The van der Waals surface area contributed by atoms with Crippen LogP contribution in [0.2, 0.25) is 0 Å². The number of benzene rings is 2. The highest BCUT2D eigenvalue weighted by molar-refractivity contribution is 8.02. The van der Waals surface area contributed by atoms with Gasteiger partial charge in [-0.3, -0.25) is 0 Å². The number of pyridine rings is 1. The molecule has 0 atom stereocenters. The lowest BCUT2D eigenvalue weighted by Crippen LogP contribution is -1.84. The molecule has 0 saturated heterocycles. The average Bonchev–Trinajstić information content (AvgIpc) is 2.51. The van der Waals surface area contributed by atoms with Crippen molar-refractivity contribution in [2.45, 2.75) is 19.7 Å². The summed E-state index contributed by atoms with van der Waals surface area (Å²) in [5.41, 5.74) is 0. The molecule has 1 heterocycles. The quantitative estimate of drug-likeness (QED) is 0.641. The predicted octanol–water partition coefficient (Wildman–Crippen LogP) is 5.38. The maximum absolute atomic E-state index is 4.51. The predicted molar refractivity (Wildman–Crippen MR) is 85.4 cm³/mol. The number of nitrogens with zero attached hydrogens (tertiary/aromatic N) is 1. The van der Waals surface area contributed by atoms with E-state index in [0.29, 0.717) is 0 Å². The number of hydrogen-bond acceptors (Lipinski definition) is 3. The zero-order chi connectivity index (χ0) is 13.6. The Bertz CT molecular complexity index is 608. The number of rotatable bonds is 4. The Morgan fingerprint density at radius 3 is 1.85 bits per heavy atom. The van der Waals surface area contributed by atoms with Gasteiger partial charge in [0, 0.05) is 20.9 Å². The summed E-state index contributed by atoms with van der Waals surface area (Å²) in [5.74, 6) is 0. The molecule has 0 aliphatic rings. The first-order valence-electron chi connectivity index (χ1n) is 6.33. The summed E-state index contributed by atoms with van der Waals surface area (Å²) in [5, 5.41) is 1.05. The standard InChI is InChI=1S/C17H13NS2/c1-3-8-14(9-4-1)19-16-12-7-13-18-17(16)20-15-10-5-2-6-11-15/h1-13H. The van der Waals surface area contributed by atoms with E-state index in [4.69, 9.17) is 0 Å². The van der Waals surface area contributed by atoms with Gasteiger partial charge in [-0.1, -0.05) is 59.9 Å². The summed E-state index contributed by atoms with van der Waals surface area (Å²) in [4.78, 5) is 8.14. The van der Waals surface area contributed by atoms with Crippen molar-refractivity contribution in [1.82, 2.24) is 4.98 Å². The van der Waals surface area contributed by atoms with Gasteiger partial charge in [-0.25, -0.2) is 4.98 Å². The molecule has 3 heteroatoms. The third kappa shape index (κ3) is 3.44. The maximum atomic E-state index is 4.51. The molecule has 3 aromatic rings. The average molecular weight is 295 g/mol. The highest BCUT2D eigenvalue weighted by atomic mass is 32.2. The third-order valence-electron chi connectivity index (χ3n) is 2.66. The van der Waals surface area contributed by atoms with Crippen LogP contribution in [0.15, 0.2) is 98.7 Å². The normalized spacial score (nSPS) is 10.4. The van der Waals surface area contributed by atoms with Gasteiger partial charge in [0.25, 0.3) is 0 Å². The molecule has 0 unspecified atom stereocenters. The van der Waals surface area contributed by atoms with Gasteiger partial charge >= 0.3 is 0 Å². The summed E-state index contributed by atoms with van der Waals surface area (Å²) < 4.78 is 0. The monoisotopic (exact) mass is 295 g/mol. The number of aromatic nitrogens is 1. The molecule has 20 heavy (non-hydrogen) atoms. The second-order valence-electron chi connectivity index (χ2n) is 4.14. The van der Waals surface area contributed by atoms with Crippen LogP contribution in [0.1, 0.15) is 0 Å². The Labute approximate surface area is 127 Å². The first kappa shape index (κ1) is 13.3. The molecular weight excluding hydrogens is 282 g/mol. The molecule has 0 spiro atoms. The summed E-state index contributed by atoms with van der Waals surface area (Å²) in [6.45, 7) is 0. The molecule has 0 N–H and O–H groups in total. The van der Waals surface area contributed by atoms with Gasteiger partial charge in [0.2, 0.25) is 0 Å². The summed E-state index contributed by atoms with van der Waals surface area (Å²) in [6, 6.07) is 24.8. The third-order valence-corrected chi connectivity index (χ3v) is 4.88. The zero-order valence-electron chi connectivity index (χ0n) is 10.8. The van der Waals surface area contributed by atoms with Gasteiger partial charge in [-0.15, -0.1) is 0 Å². The molecule has 0 fully saturated rings. The van der Waals surface area contributed by atoms with Crippen LogP contribution in [0, 0.1) is 0 Å². The van der Waals surface area contributed by atoms with Crippen molar-refractivity contribution in [1.29, 1.82) is 0 Å². The number of hydrogen-bond donors (Lipinski definition) is 0. The molecule has 1 nitrogen and oxygen atoms in total. The van der Waals surface area contributed by atoms with Crippen LogP contribution in [0.3, 0.4) is 0 Å². The summed E-state index contributed by atoms with van der Waals surface area (Å²) in [6.07, 6.45) is 1.85. The van der Waals surface area contributed by atoms with E-state index in [2.05, 4.69) is 59.6 Å². The lowest BCUT2D eigenvalue weighted by molar-refractivity contribution is 1.03. The Hall–Kier alpha value is -1.71. The fraction of sp³-hybridized carbons (Fsp3) is 0. The lowest BCUT2D eigenvalue weighted by atomic mass is 10.4.